The molecule has 0 aliphatic carbocycles. The first kappa shape index (κ1) is 22.0. The average molecular weight is 440 g/mol. The highest BCUT2D eigenvalue weighted by Crippen LogP contribution is 2.43. The second-order valence-corrected chi connectivity index (χ2v) is 9.37. The van der Waals surface area contributed by atoms with Crippen LogP contribution in [-0.4, -0.2) is 22.1 Å². The van der Waals surface area contributed by atoms with E-state index in [1.807, 2.05) is 48.5 Å². The summed E-state index contributed by atoms with van der Waals surface area (Å²) in [7, 11) is 0. The van der Waals surface area contributed by atoms with Crippen LogP contribution in [0.15, 0.2) is 72.8 Å². The highest BCUT2D eigenvalue weighted by atomic mass is 32.2. The molecule has 2 unspecified atom stereocenters. The van der Waals surface area contributed by atoms with Gasteiger partial charge in [-0.3, -0.25) is 0 Å². The summed E-state index contributed by atoms with van der Waals surface area (Å²) in [5.41, 5.74) is 2.57. The third-order valence-electron chi connectivity index (χ3n) is 6.02. The van der Waals surface area contributed by atoms with Gasteiger partial charge in [0.1, 0.15) is 11.6 Å². The van der Waals surface area contributed by atoms with Crippen LogP contribution in [0, 0.1) is 11.6 Å². The number of aliphatic hydroxyl groups excluding tert-OH is 1. The van der Waals surface area contributed by atoms with Gasteiger partial charge in [0.05, 0.1) is 6.61 Å². The minimum Gasteiger partial charge on any atom is -0.395 e. The molecule has 1 saturated heterocycles. The van der Waals surface area contributed by atoms with E-state index in [1.165, 1.54) is 17.7 Å². The Morgan fingerprint density at radius 1 is 0.968 bits per heavy atom. The first-order chi connectivity index (χ1) is 15.1. The van der Waals surface area contributed by atoms with E-state index in [-0.39, 0.29) is 18.2 Å². The van der Waals surface area contributed by atoms with Gasteiger partial charge in [-0.25, -0.2) is 13.1 Å². The van der Waals surface area contributed by atoms with Gasteiger partial charge in [0.15, 0.2) is 0 Å². The van der Waals surface area contributed by atoms with E-state index in [9.17, 15) is 5.11 Å². The van der Waals surface area contributed by atoms with Crippen LogP contribution in [-0.2, 0) is 6.54 Å². The summed E-state index contributed by atoms with van der Waals surface area (Å²) in [5, 5.41) is 10.2. The molecule has 0 radical (unpaired) electrons. The Morgan fingerprint density at radius 3 is 2.32 bits per heavy atom. The molecule has 0 amide bonds. The van der Waals surface area contributed by atoms with E-state index in [1.54, 1.807) is 11.9 Å². The van der Waals surface area contributed by atoms with E-state index in [0.717, 1.165) is 18.4 Å². The summed E-state index contributed by atoms with van der Waals surface area (Å²) in [5.74, 6) is -1.50. The number of rotatable bonds is 6. The van der Waals surface area contributed by atoms with Crippen molar-refractivity contribution in [2.75, 3.05) is 6.61 Å². The van der Waals surface area contributed by atoms with Crippen molar-refractivity contribution in [3.05, 3.63) is 107 Å². The lowest BCUT2D eigenvalue weighted by Crippen LogP contribution is -2.32. The zero-order valence-electron chi connectivity index (χ0n) is 17.5. The Kier molecular flexibility index (Phi) is 7.06. The Bertz CT molecular complexity index is 999. The van der Waals surface area contributed by atoms with Crippen molar-refractivity contribution < 1.29 is 13.9 Å². The Labute approximate surface area is 187 Å². The van der Waals surface area contributed by atoms with Crippen molar-refractivity contribution in [3.8, 4) is 0 Å². The highest BCUT2D eigenvalue weighted by Gasteiger charge is 2.29. The molecule has 0 saturated carbocycles. The Balaban J connectivity index is 1.55. The van der Waals surface area contributed by atoms with Crippen LogP contribution >= 0.6 is 11.9 Å². The van der Waals surface area contributed by atoms with Gasteiger partial charge >= 0.3 is 0 Å². The second-order valence-electron chi connectivity index (χ2n) is 8.12. The molecule has 31 heavy (non-hydrogen) atoms. The molecule has 0 aromatic heterocycles. The van der Waals surface area contributed by atoms with Crippen molar-refractivity contribution in [2.45, 2.75) is 43.5 Å². The zero-order chi connectivity index (χ0) is 21.8. The Morgan fingerprint density at radius 2 is 1.65 bits per heavy atom. The first-order valence-corrected chi connectivity index (χ1v) is 11.5. The van der Waals surface area contributed by atoms with Crippen LogP contribution in [0.25, 0.3) is 0 Å². The SMILES string of the molecule is C[C@H]1CCC(c2ccccc2)SN1Cc1cc(F)c(C(CO)c2ccccc2)cc1F. The molecule has 1 aliphatic heterocycles. The predicted octanol–water partition coefficient (Wildman–Crippen LogP) is 6.46. The molecule has 3 aromatic carbocycles. The number of halogens is 2. The van der Waals surface area contributed by atoms with Gasteiger partial charge in [0.2, 0.25) is 0 Å². The molecule has 1 N–H and O–H groups in total. The third-order valence-corrected chi connectivity index (χ3v) is 7.55. The molecule has 1 fully saturated rings. The monoisotopic (exact) mass is 439 g/mol. The van der Waals surface area contributed by atoms with Gasteiger partial charge in [-0.15, -0.1) is 0 Å². The molecule has 1 aliphatic rings. The standard InChI is InChI=1S/C26H27F2NOS/c1-18-12-13-26(20-10-6-3-7-11-20)31-29(18)16-21-14-25(28)22(15-24(21)27)23(17-30)19-8-4-2-5-9-19/h2-11,14-15,18,23,26,30H,12-13,16-17H2,1H3/t18-,23?,26?/m0/s1. The summed E-state index contributed by atoms with van der Waals surface area (Å²) >= 11 is 1.72. The van der Waals surface area contributed by atoms with Gasteiger partial charge in [0.25, 0.3) is 0 Å². The predicted molar refractivity (Wildman–Crippen MR) is 123 cm³/mol. The van der Waals surface area contributed by atoms with Crippen LogP contribution in [0.1, 0.15) is 53.2 Å². The molecular formula is C26H27F2NOS. The summed E-state index contributed by atoms with van der Waals surface area (Å²) in [4.78, 5) is 0. The molecule has 1 heterocycles. The van der Waals surface area contributed by atoms with Crippen molar-refractivity contribution >= 4 is 11.9 Å². The summed E-state index contributed by atoms with van der Waals surface area (Å²) in [6, 6.07) is 22.3. The van der Waals surface area contributed by atoms with Crippen molar-refractivity contribution in [2.24, 2.45) is 0 Å². The molecule has 4 rings (SSSR count). The second kappa shape index (κ2) is 9.94. The van der Waals surface area contributed by atoms with E-state index in [2.05, 4.69) is 23.4 Å². The smallest absolute Gasteiger partial charge is 0.128 e. The first-order valence-electron chi connectivity index (χ1n) is 10.7. The molecule has 5 heteroatoms. The van der Waals surface area contributed by atoms with Crippen LogP contribution in [0.2, 0.25) is 0 Å². The topological polar surface area (TPSA) is 23.5 Å². The lowest BCUT2D eigenvalue weighted by molar-refractivity contribution is 0.277. The van der Waals surface area contributed by atoms with E-state index < -0.39 is 17.6 Å². The van der Waals surface area contributed by atoms with Gasteiger partial charge < -0.3 is 5.11 Å². The maximum absolute atomic E-state index is 15.1. The van der Waals surface area contributed by atoms with Crippen LogP contribution in [0.3, 0.4) is 0 Å². The van der Waals surface area contributed by atoms with Crippen LogP contribution in [0.4, 0.5) is 8.78 Å². The van der Waals surface area contributed by atoms with Gasteiger partial charge in [-0.05, 0) is 43.0 Å². The molecule has 162 valence electrons. The fourth-order valence-corrected chi connectivity index (χ4v) is 5.55. The molecule has 3 aromatic rings. The summed E-state index contributed by atoms with van der Waals surface area (Å²) < 4.78 is 32.3. The average Bonchev–Trinajstić information content (AvgIpc) is 2.80. The van der Waals surface area contributed by atoms with Gasteiger partial charge in [-0.1, -0.05) is 72.6 Å². The maximum atomic E-state index is 15.1. The number of nitrogens with zero attached hydrogens (tertiary/aromatic N) is 1. The Hall–Kier alpha value is -2.21. The number of hydrogen-bond acceptors (Lipinski definition) is 3. The van der Waals surface area contributed by atoms with E-state index >= 15 is 8.78 Å². The summed E-state index contributed by atoms with van der Waals surface area (Å²) in [6.07, 6.45) is 2.08. The quantitative estimate of drug-likeness (QED) is 0.446. The minimum atomic E-state index is -0.588. The van der Waals surface area contributed by atoms with E-state index in [0.29, 0.717) is 17.4 Å². The lowest BCUT2D eigenvalue weighted by Gasteiger charge is -2.37. The van der Waals surface area contributed by atoms with Crippen molar-refractivity contribution in [1.82, 2.24) is 4.31 Å². The lowest BCUT2D eigenvalue weighted by atomic mass is 9.90. The van der Waals surface area contributed by atoms with E-state index in [4.69, 9.17) is 0 Å². The largest absolute Gasteiger partial charge is 0.395 e. The van der Waals surface area contributed by atoms with Crippen molar-refractivity contribution in [1.29, 1.82) is 0 Å². The fourth-order valence-electron chi connectivity index (χ4n) is 4.17. The number of aliphatic hydroxyl groups is 1. The number of hydrogen-bond donors (Lipinski definition) is 1. The molecule has 0 spiro atoms. The molecule has 3 atom stereocenters. The molecular weight excluding hydrogens is 412 g/mol. The van der Waals surface area contributed by atoms with Crippen LogP contribution in [0.5, 0.6) is 0 Å². The molecule has 2 nitrogen and oxygen atoms in total. The zero-order valence-corrected chi connectivity index (χ0v) is 18.4. The molecule has 0 bridgehead atoms. The maximum Gasteiger partial charge on any atom is 0.128 e. The van der Waals surface area contributed by atoms with Crippen molar-refractivity contribution in [3.63, 3.8) is 0 Å². The van der Waals surface area contributed by atoms with Crippen LogP contribution < -0.4 is 0 Å². The highest BCUT2D eigenvalue weighted by molar-refractivity contribution is 7.97. The third kappa shape index (κ3) is 5.00. The number of benzene rings is 3. The van der Waals surface area contributed by atoms with Gasteiger partial charge in [0, 0.05) is 34.9 Å². The minimum absolute atomic E-state index is 0.191. The van der Waals surface area contributed by atoms with Gasteiger partial charge in [-0.2, -0.15) is 0 Å². The normalized spacial score (nSPS) is 20.5. The summed E-state index contributed by atoms with van der Waals surface area (Å²) in [6.45, 7) is 2.19. The fraction of sp³-hybridized carbons (Fsp3) is 0.308.